The lowest BCUT2D eigenvalue weighted by Gasteiger charge is -2.28. The van der Waals surface area contributed by atoms with Gasteiger partial charge in [0.1, 0.15) is 4.60 Å². The van der Waals surface area contributed by atoms with Crippen LogP contribution < -0.4 is 5.32 Å². The van der Waals surface area contributed by atoms with E-state index < -0.39 is 6.10 Å². The Bertz CT molecular complexity index is 411. The second-order valence-electron chi connectivity index (χ2n) is 4.30. The smallest absolute Gasteiger partial charge is 0.251 e. The molecule has 4 nitrogen and oxygen atoms in total. The average molecular weight is 299 g/mol. The first-order chi connectivity index (χ1) is 8.16. The Kier molecular flexibility index (Phi) is 4.12. The third-order valence-corrected chi connectivity index (χ3v) is 3.47. The van der Waals surface area contributed by atoms with E-state index in [1.54, 1.807) is 18.3 Å². The van der Waals surface area contributed by atoms with Crippen molar-refractivity contribution in [1.82, 2.24) is 10.3 Å². The van der Waals surface area contributed by atoms with Gasteiger partial charge >= 0.3 is 0 Å². The van der Waals surface area contributed by atoms with E-state index in [1.165, 1.54) is 0 Å². The predicted molar refractivity (Wildman–Crippen MR) is 67.7 cm³/mol. The van der Waals surface area contributed by atoms with Crippen molar-refractivity contribution in [2.75, 3.05) is 0 Å². The molecule has 1 amide bonds. The Morgan fingerprint density at radius 1 is 1.47 bits per heavy atom. The predicted octanol–water partition coefficient (Wildman–Crippen LogP) is 1.88. The van der Waals surface area contributed by atoms with Gasteiger partial charge in [0.25, 0.3) is 5.91 Å². The number of halogens is 1. The van der Waals surface area contributed by atoms with Crippen molar-refractivity contribution >= 4 is 21.8 Å². The summed E-state index contributed by atoms with van der Waals surface area (Å²) in [5.74, 6) is -0.154. The van der Waals surface area contributed by atoms with E-state index in [2.05, 4.69) is 26.2 Å². The SMILES string of the molecule is O=C(N[C@@H]1CCCC[C@H]1O)c1ccnc(Br)c1. The second-order valence-corrected chi connectivity index (χ2v) is 5.11. The van der Waals surface area contributed by atoms with Gasteiger partial charge in [-0.3, -0.25) is 4.79 Å². The minimum Gasteiger partial charge on any atom is -0.391 e. The Morgan fingerprint density at radius 2 is 2.24 bits per heavy atom. The van der Waals surface area contributed by atoms with Crippen LogP contribution in [0, 0.1) is 0 Å². The number of carbonyl (C=O) groups excluding carboxylic acids is 1. The number of carbonyl (C=O) groups is 1. The van der Waals surface area contributed by atoms with E-state index in [4.69, 9.17) is 0 Å². The molecule has 1 saturated carbocycles. The molecule has 1 fully saturated rings. The van der Waals surface area contributed by atoms with Crippen molar-refractivity contribution in [2.45, 2.75) is 37.8 Å². The highest BCUT2D eigenvalue weighted by Gasteiger charge is 2.24. The zero-order valence-corrected chi connectivity index (χ0v) is 11.0. The summed E-state index contributed by atoms with van der Waals surface area (Å²) in [4.78, 5) is 15.9. The van der Waals surface area contributed by atoms with E-state index in [0.717, 1.165) is 25.7 Å². The maximum atomic E-state index is 11.9. The number of hydrogen-bond donors (Lipinski definition) is 2. The monoisotopic (exact) mass is 298 g/mol. The number of nitrogens with one attached hydrogen (secondary N) is 1. The molecule has 17 heavy (non-hydrogen) atoms. The van der Waals surface area contributed by atoms with Crippen molar-refractivity contribution in [1.29, 1.82) is 0 Å². The number of aromatic nitrogens is 1. The van der Waals surface area contributed by atoms with Crippen LogP contribution in [0.15, 0.2) is 22.9 Å². The Hall–Kier alpha value is -0.940. The number of nitrogens with zero attached hydrogens (tertiary/aromatic N) is 1. The molecule has 2 N–H and O–H groups in total. The van der Waals surface area contributed by atoms with Crippen molar-refractivity contribution < 1.29 is 9.90 Å². The van der Waals surface area contributed by atoms with Crippen LogP contribution in [0.2, 0.25) is 0 Å². The molecule has 0 aliphatic heterocycles. The van der Waals surface area contributed by atoms with E-state index in [-0.39, 0.29) is 11.9 Å². The summed E-state index contributed by atoms with van der Waals surface area (Å²) in [6.07, 6.45) is 4.87. The van der Waals surface area contributed by atoms with Crippen molar-refractivity contribution in [3.63, 3.8) is 0 Å². The lowest BCUT2D eigenvalue weighted by Crippen LogP contribution is -2.45. The van der Waals surface area contributed by atoms with E-state index in [1.807, 2.05) is 0 Å². The van der Waals surface area contributed by atoms with E-state index in [0.29, 0.717) is 10.2 Å². The Balaban J connectivity index is 2.01. The third kappa shape index (κ3) is 3.26. The van der Waals surface area contributed by atoms with Crippen LogP contribution in [-0.2, 0) is 0 Å². The average Bonchev–Trinajstić information content (AvgIpc) is 2.32. The molecule has 2 rings (SSSR count). The van der Waals surface area contributed by atoms with Gasteiger partial charge in [-0.1, -0.05) is 12.8 Å². The molecular weight excluding hydrogens is 284 g/mol. The van der Waals surface area contributed by atoms with Crippen LogP contribution >= 0.6 is 15.9 Å². The molecule has 92 valence electrons. The van der Waals surface area contributed by atoms with E-state index >= 15 is 0 Å². The summed E-state index contributed by atoms with van der Waals surface area (Å²) in [6, 6.07) is 3.21. The van der Waals surface area contributed by atoms with Crippen LogP contribution in [0.4, 0.5) is 0 Å². The zero-order valence-electron chi connectivity index (χ0n) is 9.40. The molecule has 5 heteroatoms. The molecule has 1 aromatic rings. The summed E-state index contributed by atoms with van der Waals surface area (Å²) in [5.41, 5.74) is 0.560. The molecule has 0 radical (unpaired) electrons. The van der Waals surface area contributed by atoms with Gasteiger partial charge in [0.2, 0.25) is 0 Å². The first-order valence-electron chi connectivity index (χ1n) is 5.77. The lowest BCUT2D eigenvalue weighted by atomic mass is 9.92. The topological polar surface area (TPSA) is 62.2 Å². The van der Waals surface area contributed by atoms with Crippen LogP contribution in [0.1, 0.15) is 36.0 Å². The van der Waals surface area contributed by atoms with Gasteiger partial charge in [-0.05, 0) is 40.9 Å². The summed E-state index contributed by atoms with van der Waals surface area (Å²) < 4.78 is 0.634. The number of aliphatic hydroxyl groups excluding tert-OH is 1. The highest BCUT2D eigenvalue weighted by Crippen LogP contribution is 2.19. The summed E-state index contributed by atoms with van der Waals surface area (Å²) in [7, 11) is 0. The maximum Gasteiger partial charge on any atom is 0.251 e. The summed E-state index contributed by atoms with van der Waals surface area (Å²) in [6.45, 7) is 0. The van der Waals surface area contributed by atoms with Gasteiger partial charge in [-0.2, -0.15) is 0 Å². The molecule has 2 atom stereocenters. The Morgan fingerprint density at radius 3 is 2.94 bits per heavy atom. The third-order valence-electron chi connectivity index (χ3n) is 3.03. The van der Waals surface area contributed by atoms with Crippen LogP contribution in [0.3, 0.4) is 0 Å². The number of aliphatic hydroxyl groups is 1. The number of rotatable bonds is 2. The summed E-state index contributed by atoms with van der Waals surface area (Å²) in [5, 5.41) is 12.7. The normalized spacial score (nSPS) is 24.4. The van der Waals surface area contributed by atoms with Crippen LogP contribution in [-0.4, -0.2) is 28.1 Å². The number of pyridine rings is 1. The first-order valence-corrected chi connectivity index (χ1v) is 6.56. The summed E-state index contributed by atoms with van der Waals surface area (Å²) >= 11 is 3.23. The standard InChI is InChI=1S/C12H15BrN2O2/c13-11-7-8(5-6-14-11)12(17)15-9-3-1-2-4-10(9)16/h5-7,9-10,16H,1-4H2,(H,15,17)/t9-,10-/m1/s1. The van der Waals surface area contributed by atoms with Gasteiger partial charge in [0.05, 0.1) is 12.1 Å². The van der Waals surface area contributed by atoms with Gasteiger partial charge in [0, 0.05) is 11.8 Å². The lowest BCUT2D eigenvalue weighted by molar-refractivity contribution is 0.0717. The molecule has 0 bridgehead atoms. The fourth-order valence-corrected chi connectivity index (χ4v) is 2.44. The fraction of sp³-hybridized carbons (Fsp3) is 0.500. The minimum absolute atomic E-state index is 0.122. The number of hydrogen-bond acceptors (Lipinski definition) is 3. The highest BCUT2D eigenvalue weighted by atomic mass is 79.9. The van der Waals surface area contributed by atoms with Crippen LogP contribution in [0.5, 0.6) is 0 Å². The maximum absolute atomic E-state index is 11.9. The molecule has 0 spiro atoms. The first kappa shape index (κ1) is 12.5. The van der Waals surface area contributed by atoms with Gasteiger partial charge in [0.15, 0.2) is 0 Å². The van der Waals surface area contributed by atoms with Gasteiger partial charge in [-0.15, -0.1) is 0 Å². The highest BCUT2D eigenvalue weighted by molar-refractivity contribution is 9.10. The molecule has 1 aromatic heterocycles. The molecule has 0 saturated heterocycles. The minimum atomic E-state index is -0.419. The Labute approximate surface area is 109 Å². The van der Waals surface area contributed by atoms with Crippen molar-refractivity contribution in [3.05, 3.63) is 28.5 Å². The van der Waals surface area contributed by atoms with Crippen molar-refractivity contribution in [3.8, 4) is 0 Å². The second kappa shape index (κ2) is 5.60. The molecule has 0 aromatic carbocycles. The van der Waals surface area contributed by atoms with Gasteiger partial charge < -0.3 is 10.4 Å². The molecule has 1 aliphatic carbocycles. The fourth-order valence-electron chi connectivity index (χ4n) is 2.08. The molecule has 1 aliphatic rings. The van der Waals surface area contributed by atoms with Crippen molar-refractivity contribution in [2.24, 2.45) is 0 Å². The zero-order chi connectivity index (χ0) is 12.3. The van der Waals surface area contributed by atoms with Crippen LogP contribution in [0.25, 0.3) is 0 Å². The quantitative estimate of drug-likeness (QED) is 0.820. The van der Waals surface area contributed by atoms with E-state index in [9.17, 15) is 9.90 Å². The largest absolute Gasteiger partial charge is 0.391 e. The number of amides is 1. The molecular formula is C12H15BrN2O2. The van der Waals surface area contributed by atoms with Gasteiger partial charge in [-0.25, -0.2) is 4.98 Å². The molecule has 0 unspecified atom stereocenters. The molecule has 1 heterocycles.